The van der Waals surface area contributed by atoms with Crippen LogP contribution >= 0.6 is 11.6 Å². The Balaban J connectivity index is 1.76. The van der Waals surface area contributed by atoms with Gasteiger partial charge in [-0.3, -0.25) is 4.98 Å². The predicted molar refractivity (Wildman–Crippen MR) is 72.4 cm³/mol. The van der Waals surface area contributed by atoms with Crippen LogP contribution in [0.2, 0.25) is 5.02 Å². The Bertz CT molecular complexity index is 350. The zero-order valence-electron chi connectivity index (χ0n) is 10.5. The van der Waals surface area contributed by atoms with Crippen LogP contribution in [-0.4, -0.2) is 17.6 Å². The average Bonchev–Trinajstić information content (AvgIpc) is 3.14. The molecule has 94 valence electrons. The van der Waals surface area contributed by atoms with E-state index < -0.39 is 0 Å². The maximum absolute atomic E-state index is 6.10. The molecular formula is C14H21ClN2. The molecule has 1 N–H and O–H groups in total. The summed E-state index contributed by atoms with van der Waals surface area (Å²) in [6.45, 7) is 3.27. The van der Waals surface area contributed by atoms with Crippen LogP contribution in [0.1, 0.15) is 38.2 Å². The van der Waals surface area contributed by atoms with E-state index in [1.807, 2.05) is 12.3 Å². The summed E-state index contributed by atoms with van der Waals surface area (Å²) in [5.41, 5.74) is 1.23. The van der Waals surface area contributed by atoms with Gasteiger partial charge in [-0.2, -0.15) is 0 Å². The van der Waals surface area contributed by atoms with Crippen LogP contribution in [0.5, 0.6) is 0 Å². The minimum Gasteiger partial charge on any atom is -0.314 e. The van der Waals surface area contributed by atoms with Gasteiger partial charge in [0.05, 0.1) is 5.02 Å². The summed E-state index contributed by atoms with van der Waals surface area (Å²) in [5.74, 6) is 0.933. The number of aromatic nitrogens is 1. The monoisotopic (exact) mass is 252 g/mol. The van der Waals surface area contributed by atoms with Gasteiger partial charge in [-0.1, -0.05) is 18.5 Å². The zero-order valence-corrected chi connectivity index (χ0v) is 11.2. The van der Waals surface area contributed by atoms with Crippen LogP contribution in [0.15, 0.2) is 18.5 Å². The first-order valence-corrected chi connectivity index (χ1v) is 7.00. The van der Waals surface area contributed by atoms with Crippen LogP contribution in [0.4, 0.5) is 0 Å². The second-order valence-corrected chi connectivity index (χ2v) is 5.27. The van der Waals surface area contributed by atoms with Gasteiger partial charge in [-0.15, -0.1) is 0 Å². The number of hydrogen-bond donors (Lipinski definition) is 1. The number of halogens is 1. The summed E-state index contributed by atoms with van der Waals surface area (Å²) in [6.07, 6.45) is 9.91. The fourth-order valence-corrected chi connectivity index (χ4v) is 2.60. The van der Waals surface area contributed by atoms with Crippen molar-refractivity contribution in [1.29, 1.82) is 0 Å². The van der Waals surface area contributed by atoms with E-state index in [0.29, 0.717) is 0 Å². The van der Waals surface area contributed by atoms with E-state index in [4.69, 9.17) is 11.6 Å². The summed E-state index contributed by atoms with van der Waals surface area (Å²) in [7, 11) is 0. The Labute approximate surface area is 109 Å². The van der Waals surface area contributed by atoms with Crippen molar-refractivity contribution >= 4 is 11.6 Å². The van der Waals surface area contributed by atoms with Crippen molar-refractivity contribution < 1.29 is 0 Å². The van der Waals surface area contributed by atoms with Crippen molar-refractivity contribution in [2.24, 2.45) is 5.92 Å². The molecule has 1 fully saturated rings. The topological polar surface area (TPSA) is 24.9 Å². The zero-order chi connectivity index (χ0) is 12.1. The largest absolute Gasteiger partial charge is 0.314 e. The molecule has 0 aromatic carbocycles. The van der Waals surface area contributed by atoms with E-state index in [1.165, 1.54) is 31.2 Å². The molecule has 1 aromatic rings. The number of hydrogen-bond acceptors (Lipinski definition) is 2. The second-order valence-electron chi connectivity index (χ2n) is 4.86. The summed E-state index contributed by atoms with van der Waals surface area (Å²) >= 11 is 6.10. The average molecular weight is 253 g/mol. The molecule has 1 saturated carbocycles. The van der Waals surface area contributed by atoms with Gasteiger partial charge >= 0.3 is 0 Å². The third kappa shape index (κ3) is 3.97. The van der Waals surface area contributed by atoms with Gasteiger partial charge in [-0.25, -0.2) is 0 Å². The number of nitrogens with zero attached hydrogens (tertiary/aromatic N) is 1. The Morgan fingerprint density at radius 3 is 3.00 bits per heavy atom. The van der Waals surface area contributed by atoms with E-state index in [9.17, 15) is 0 Å². The molecule has 0 bridgehead atoms. The summed E-state index contributed by atoms with van der Waals surface area (Å²) in [4.78, 5) is 4.01. The molecule has 0 aliphatic heterocycles. The number of nitrogens with one attached hydrogen (secondary N) is 1. The summed E-state index contributed by atoms with van der Waals surface area (Å²) in [5, 5.41) is 4.40. The lowest BCUT2D eigenvalue weighted by molar-refractivity contribution is 0.434. The van der Waals surface area contributed by atoms with Gasteiger partial charge in [0, 0.05) is 18.4 Å². The highest BCUT2D eigenvalue weighted by atomic mass is 35.5. The number of rotatable bonds is 7. The van der Waals surface area contributed by atoms with Crippen molar-refractivity contribution in [3.05, 3.63) is 29.0 Å². The molecular weight excluding hydrogens is 232 g/mol. The van der Waals surface area contributed by atoms with Crippen LogP contribution in [0.3, 0.4) is 0 Å². The van der Waals surface area contributed by atoms with Gasteiger partial charge in [0.2, 0.25) is 0 Å². The first-order valence-electron chi connectivity index (χ1n) is 6.63. The van der Waals surface area contributed by atoms with Crippen molar-refractivity contribution in [2.45, 2.75) is 45.1 Å². The van der Waals surface area contributed by atoms with Crippen LogP contribution in [0.25, 0.3) is 0 Å². The lowest BCUT2D eigenvalue weighted by Gasteiger charge is -2.17. The molecule has 1 aliphatic carbocycles. The maximum Gasteiger partial charge on any atom is 0.0621 e. The molecule has 0 amide bonds. The highest BCUT2D eigenvalue weighted by Gasteiger charge is 2.29. The third-order valence-electron chi connectivity index (χ3n) is 3.48. The van der Waals surface area contributed by atoms with E-state index in [2.05, 4.69) is 17.2 Å². The molecule has 1 aromatic heterocycles. The van der Waals surface area contributed by atoms with Crippen LogP contribution in [-0.2, 0) is 6.42 Å². The van der Waals surface area contributed by atoms with Crippen molar-refractivity contribution in [3.8, 4) is 0 Å². The van der Waals surface area contributed by atoms with E-state index in [-0.39, 0.29) is 0 Å². The van der Waals surface area contributed by atoms with Crippen molar-refractivity contribution in [3.63, 3.8) is 0 Å². The van der Waals surface area contributed by atoms with Crippen LogP contribution in [0, 0.1) is 5.92 Å². The highest BCUT2D eigenvalue weighted by molar-refractivity contribution is 6.31. The first-order chi connectivity index (χ1) is 8.31. The Morgan fingerprint density at radius 2 is 2.35 bits per heavy atom. The normalized spacial score (nSPS) is 17.1. The van der Waals surface area contributed by atoms with Gasteiger partial charge in [0.25, 0.3) is 0 Å². The molecule has 2 nitrogen and oxygen atoms in total. The lowest BCUT2D eigenvalue weighted by Crippen LogP contribution is -2.30. The smallest absolute Gasteiger partial charge is 0.0621 e. The maximum atomic E-state index is 6.10. The third-order valence-corrected chi connectivity index (χ3v) is 3.82. The Morgan fingerprint density at radius 1 is 1.53 bits per heavy atom. The standard InChI is InChI=1S/C14H21ClN2/c1-2-17-14(12-6-7-12)5-3-4-11-8-9-16-10-13(11)15/h8-10,12,14,17H,2-7H2,1H3. The molecule has 0 spiro atoms. The Hall–Kier alpha value is -0.600. The molecule has 0 radical (unpaired) electrons. The minimum absolute atomic E-state index is 0.723. The fourth-order valence-electron chi connectivity index (χ4n) is 2.38. The minimum atomic E-state index is 0.723. The summed E-state index contributed by atoms with van der Waals surface area (Å²) < 4.78 is 0. The van der Waals surface area contributed by atoms with Gasteiger partial charge in [0.1, 0.15) is 0 Å². The molecule has 3 heteroatoms. The van der Waals surface area contributed by atoms with Crippen LogP contribution < -0.4 is 5.32 Å². The Kier molecular flexibility index (Phi) is 4.81. The SMILES string of the molecule is CCNC(CCCc1ccncc1Cl)C1CC1. The molecule has 0 saturated heterocycles. The fraction of sp³-hybridized carbons (Fsp3) is 0.643. The van der Waals surface area contributed by atoms with E-state index in [1.54, 1.807) is 6.20 Å². The molecule has 1 atom stereocenters. The predicted octanol–water partition coefficient (Wildman–Crippen LogP) is 3.45. The highest BCUT2D eigenvalue weighted by Crippen LogP contribution is 2.34. The molecule has 1 aliphatic rings. The van der Waals surface area contributed by atoms with Crippen molar-refractivity contribution in [2.75, 3.05) is 6.54 Å². The molecule has 1 heterocycles. The quantitative estimate of drug-likeness (QED) is 0.804. The second kappa shape index (κ2) is 6.36. The van der Waals surface area contributed by atoms with Crippen molar-refractivity contribution in [1.82, 2.24) is 10.3 Å². The van der Waals surface area contributed by atoms with Gasteiger partial charge < -0.3 is 5.32 Å². The van der Waals surface area contributed by atoms with E-state index in [0.717, 1.165) is 29.9 Å². The molecule has 2 rings (SSSR count). The lowest BCUT2D eigenvalue weighted by atomic mass is 10.0. The number of aryl methyl sites for hydroxylation is 1. The van der Waals surface area contributed by atoms with Gasteiger partial charge in [0.15, 0.2) is 0 Å². The number of pyridine rings is 1. The first kappa shape index (κ1) is 12.8. The van der Waals surface area contributed by atoms with Gasteiger partial charge in [-0.05, 0) is 56.2 Å². The molecule has 17 heavy (non-hydrogen) atoms. The van der Waals surface area contributed by atoms with E-state index >= 15 is 0 Å². The summed E-state index contributed by atoms with van der Waals surface area (Å²) in [6, 6.07) is 2.75. The molecule has 1 unspecified atom stereocenters.